The van der Waals surface area contributed by atoms with E-state index in [0.29, 0.717) is 17.6 Å². The molecule has 0 unspecified atom stereocenters. The molecule has 1 N–H and O–H groups in total. The lowest BCUT2D eigenvalue weighted by atomic mass is 9.84. The Morgan fingerprint density at radius 2 is 2.28 bits per heavy atom. The van der Waals surface area contributed by atoms with Gasteiger partial charge in [0.15, 0.2) is 0 Å². The van der Waals surface area contributed by atoms with Gasteiger partial charge in [-0.1, -0.05) is 5.16 Å². The van der Waals surface area contributed by atoms with Gasteiger partial charge in [0.05, 0.1) is 12.5 Å². The molecule has 0 saturated carbocycles. The Kier molecular flexibility index (Phi) is 2.52. The molecule has 3 rings (SSSR count). The van der Waals surface area contributed by atoms with Crippen LogP contribution < -0.4 is 10.1 Å². The first-order valence-electron chi connectivity index (χ1n) is 5.77. The summed E-state index contributed by atoms with van der Waals surface area (Å²) in [5, 5.41) is 7.22. The van der Waals surface area contributed by atoms with E-state index in [1.807, 2.05) is 6.07 Å². The van der Waals surface area contributed by atoms with Gasteiger partial charge in [0, 0.05) is 30.9 Å². The summed E-state index contributed by atoms with van der Waals surface area (Å²) >= 11 is 0. The number of methoxy groups -OCH3 is 1. The zero-order valence-electron chi connectivity index (χ0n) is 10.3. The summed E-state index contributed by atoms with van der Waals surface area (Å²) in [6, 6.07) is 3.62. The van der Waals surface area contributed by atoms with Crippen molar-refractivity contribution in [1.29, 1.82) is 0 Å². The largest absolute Gasteiger partial charge is 0.481 e. The summed E-state index contributed by atoms with van der Waals surface area (Å²) in [5.74, 6) is 1.78. The minimum atomic E-state index is -0.0393. The normalized spacial score (nSPS) is 17.2. The van der Waals surface area contributed by atoms with Crippen molar-refractivity contribution < 1.29 is 9.26 Å². The molecule has 18 heavy (non-hydrogen) atoms. The molecule has 0 bridgehead atoms. The predicted molar refractivity (Wildman–Crippen MR) is 64.3 cm³/mol. The Morgan fingerprint density at radius 3 is 2.94 bits per heavy atom. The molecule has 1 aliphatic rings. The van der Waals surface area contributed by atoms with Crippen LogP contribution in [0.25, 0.3) is 11.4 Å². The number of ether oxygens (including phenoxy) is 1. The second-order valence-electron chi connectivity index (χ2n) is 4.67. The maximum absolute atomic E-state index is 5.34. The van der Waals surface area contributed by atoms with Gasteiger partial charge in [-0.25, -0.2) is 4.98 Å². The highest BCUT2D eigenvalue weighted by Crippen LogP contribution is 2.28. The van der Waals surface area contributed by atoms with E-state index in [4.69, 9.17) is 9.26 Å². The van der Waals surface area contributed by atoms with Gasteiger partial charge in [0.25, 0.3) is 0 Å². The number of hydrogen-bond acceptors (Lipinski definition) is 6. The molecule has 2 aromatic heterocycles. The molecule has 2 aromatic rings. The molecule has 1 saturated heterocycles. The van der Waals surface area contributed by atoms with Crippen LogP contribution in [0.5, 0.6) is 5.88 Å². The third kappa shape index (κ3) is 1.74. The molecule has 0 aliphatic carbocycles. The first kappa shape index (κ1) is 11.2. The van der Waals surface area contributed by atoms with Gasteiger partial charge >= 0.3 is 0 Å². The van der Waals surface area contributed by atoms with Gasteiger partial charge in [-0.05, 0) is 13.0 Å². The molecule has 94 valence electrons. The van der Waals surface area contributed by atoms with Crippen molar-refractivity contribution in [2.24, 2.45) is 0 Å². The van der Waals surface area contributed by atoms with Crippen molar-refractivity contribution in [3.05, 3.63) is 24.2 Å². The van der Waals surface area contributed by atoms with E-state index >= 15 is 0 Å². The fraction of sp³-hybridized carbons (Fsp3) is 0.417. The minimum Gasteiger partial charge on any atom is -0.481 e. The van der Waals surface area contributed by atoms with E-state index in [1.54, 1.807) is 19.4 Å². The first-order chi connectivity index (χ1) is 8.71. The van der Waals surface area contributed by atoms with Gasteiger partial charge < -0.3 is 14.6 Å². The van der Waals surface area contributed by atoms with Crippen LogP contribution in [0.2, 0.25) is 0 Å². The molecule has 0 aromatic carbocycles. The van der Waals surface area contributed by atoms with Crippen molar-refractivity contribution >= 4 is 0 Å². The Morgan fingerprint density at radius 1 is 1.44 bits per heavy atom. The highest BCUT2D eigenvalue weighted by molar-refractivity contribution is 5.55. The van der Waals surface area contributed by atoms with Crippen LogP contribution >= 0.6 is 0 Å². The van der Waals surface area contributed by atoms with E-state index < -0.39 is 0 Å². The summed E-state index contributed by atoms with van der Waals surface area (Å²) < 4.78 is 10.4. The Hall–Kier alpha value is -1.95. The van der Waals surface area contributed by atoms with Gasteiger partial charge in [-0.3, -0.25) is 0 Å². The van der Waals surface area contributed by atoms with E-state index in [-0.39, 0.29) is 5.41 Å². The van der Waals surface area contributed by atoms with Crippen molar-refractivity contribution in [2.45, 2.75) is 12.3 Å². The zero-order chi connectivity index (χ0) is 12.6. The lowest BCUT2D eigenvalue weighted by Gasteiger charge is -2.35. The van der Waals surface area contributed by atoms with Crippen molar-refractivity contribution in [2.75, 3.05) is 20.2 Å². The monoisotopic (exact) mass is 246 g/mol. The van der Waals surface area contributed by atoms with E-state index in [1.165, 1.54) is 0 Å². The van der Waals surface area contributed by atoms with Crippen LogP contribution in [0.1, 0.15) is 12.8 Å². The molecule has 0 atom stereocenters. The van der Waals surface area contributed by atoms with Crippen LogP contribution in [0, 0.1) is 0 Å². The van der Waals surface area contributed by atoms with E-state index in [2.05, 4.69) is 27.4 Å². The van der Waals surface area contributed by atoms with Crippen LogP contribution in [0.15, 0.2) is 22.9 Å². The first-order valence-corrected chi connectivity index (χ1v) is 5.77. The van der Waals surface area contributed by atoms with E-state index in [0.717, 1.165) is 18.7 Å². The standard InChI is InChI=1S/C12H14N4O2/c1-12(6-13-7-12)11-15-10(16-18-11)8-3-4-14-9(5-8)17-2/h3-5,13H,6-7H2,1-2H3. The summed E-state index contributed by atoms with van der Waals surface area (Å²) in [4.78, 5) is 8.50. The Labute approximate surface area is 104 Å². The lowest BCUT2D eigenvalue weighted by molar-refractivity contribution is 0.219. The fourth-order valence-electron chi connectivity index (χ4n) is 1.90. The molecule has 0 spiro atoms. The van der Waals surface area contributed by atoms with Crippen molar-refractivity contribution in [3.8, 4) is 17.3 Å². The zero-order valence-corrected chi connectivity index (χ0v) is 10.3. The fourth-order valence-corrected chi connectivity index (χ4v) is 1.90. The van der Waals surface area contributed by atoms with Crippen LogP contribution in [0.4, 0.5) is 0 Å². The average Bonchev–Trinajstić information content (AvgIpc) is 2.86. The van der Waals surface area contributed by atoms with Crippen LogP contribution in [0.3, 0.4) is 0 Å². The highest BCUT2D eigenvalue weighted by atomic mass is 16.5. The van der Waals surface area contributed by atoms with Gasteiger partial charge in [0.2, 0.25) is 17.6 Å². The average molecular weight is 246 g/mol. The molecule has 1 aliphatic heterocycles. The Balaban J connectivity index is 1.92. The SMILES string of the molecule is COc1cc(-c2noc(C3(C)CNC3)n2)ccn1. The molecule has 1 fully saturated rings. The van der Waals surface area contributed by atoms with Gasteiger partial charge in [-0.15, -0.1) is 0 Å². The second-order valence-corrected chi connectivity index (χ2v) is 4.67. The van der Waals surface area contributed by atoms with Gasteiger partial charge in [-0.2, -0.15) is 4.98 Å². The van der Waals surface area contributed by atoms with Crippen molar-refractivity contribution in [3.63, 3.8) is 0 Å². The number of aromatic nitrogens is 3. The summed E-state index contributed by atoms with van der Waals surface area (Å²) in [7, 11) is 1.58. The van der Waals surface area contributed by atoms with Gasteiger partial charge in [0.1, 0.15) is 0 Å². The number of rotatable bonds is 3. The topological polar surface area (TPSA) is 73.1 Å². The third-order valence-electron chi connectivity index (χ3n) is 3.17. The molecule has 0 amide bonds. The third-order valence-corrected chi connectivity index (χ3v) is 3.17. The summed E-state index contributed by atoms with van der Waals surface area (Å²) in [6.07, 6.45) is 1.66. The molecule has 6 nitrogen and oxygen atoms in total. The van der Waals surface area contributed by atoms with Crippen molar-refractivity contribution in [1.82, 2.24) is 20.4 Å². The lowest BCUT2D eigenvalue weighted by Crippen LogP contribution is -2.54. The number of pyridine rings is 1. The highest BCUT2D eigenvalue weighted by Gasteiger charge is 2.39. The molecular formula is C12H14N4O2. The summed E-state index contributed by atoms with van der Waals surface area (Å²) in [6.45, 7) is 3.84. The minimum absolute atomic E-state index is 0.0393. The molecule has 0 radical (unpaired) electrons. The number of hydrogen-bond donors (Lipinski definition) is 1. The van der Waals surface area contributed by atoms with Crippen LogP contribution in [-0.2, 0) is 5.41 Å². The quantitative estimate of drug-likeness (QED) is 0.871. The Bertz CT molecular complexity index is 563. The molecular weight excluding hydrogens is 232 g/mol. The maximum atomic E-state index is 5.34. The molecule has 6 heteroatoms. The maximum Gasteiger partial charge on any atom is 0.235 e. The second kappa shape index (κ2) is 4.06. The smallest absolute Gasteiger partial charge is 0.235 e. The van der Waals surface area contributed by atoms with E-state index in [9.17, 15) is 0 Å². The number of nitrogens with zero attached hydrogens (tertiary/aromatic N) is 3. The number of nitrogens with one attached hydrogen (secondary N) is 1. The predicted octanol–water partition coefficient (Wildman–Crippen LogP) is 1.00. The van der Waals surface area contributed by atoms with Crippen LogP contribution in [-0.4, -0.2) is 35.3 Å². The molecule has 3 heterocycles. The summed E-state index contributed by atoms with van der Waals surface area (Å²) in [5.41, 5.74) is 0.801.